The van der Waals surface area contributed by atoms with Gasteiger partial charge in [0.1, 0.15) is 6.04 Å². The molecule has 4 rings (SSSR count). The number of hydrogen-bond acceptors (Lipinski definition) is 5. The Kier molecular flexibility index (Phi) is 7.67. The third-order valence-corrected chi connectivity index (χ3v) is 6.95. The number of Topliss-reactive ketones (excluding diaryl/α,β-unsaturated/α-hetero) is 1. The molecule has 1 N–H and O–H groups in total. The lowest BCUT2D eigenvalue weighted by molar-refractivity contribution is -0.134. The molecule has 1 saturated heterocycles. The summed E-state index contributed by atoms with van der Waals surface area (Å²) in [6.45, 7) is 6.05. The molecule has 7 nitrogen and oxygen atoms in total. The van der Waals surface area contributed by atoms with Gasteiger partial charge in [-0.2, -0.15) is 0 Å². The van der Waals surface area contributed by atoms with E-state index in [2.05, 4.69) is 29.6 Å². The maximum absolute atomic E-state index is 13.4. The summed E-state index contributed by atoms with van der Waals surface area (Å²) in [5.41, 5.74) is 6.05. The summed E-state index contributed by atoms with van der Waals surface area (Å²) >= 11 is 0. The predicted octanol–water partition coefficient (Wildman–Crippen LogP) is 5.11. The molecule has 2 aromatic rings. The largest absolute Gasteiger partial charge is 0.453 e. The minimum atomic E-state index is -0.635. The third-order valence-electron chi connectivity index (χ3n) is 6.95. The van der Waals surface area contributed by atoms with Crippen molar-refractivity contribution < 1.29 is 19.1 Å². The number of hydrogen-bond donors (Lipinski definition) is 1. The number of amides is 2. The Balaban J connectivity index is 1.42. The van der Waals surface area contributed by atoms with Crippen LogP contribution in [0.4, 0.5) is 4.79 Å². The van der Waals surface area contributed by atoms with Gasteiger partial charge in [-0.15, -0.1) is 0 Å². The van der Waals surface area contributed by atoms with Crippen molar-refractivity contribution in [2.45, 2.75) is 52.1 Å². The number of nitrogens with zero attached hydrogens (tertiary/aromatic N) is 2. The van der Waals surface area contributed by atoms with Crippen LogP contribution >= 0.6 is 0 Å². The van der Waals surface area contributed by atoms with Gasteiger partial charge in [0.2, 0.25) is 5.91 Å². The number of benzene rings is 2. The fourth-order valence-electron chi connectivity index (χ4n) is 4.86. The summed E-state index contributed by atoms with van der Waals surface area (Å²) in [5, 5.41) is 2.69. The van der Waals surface area contributed by atoms with Crippen molar-refractivity contribution in [1.82, 2.24) is 10.2 Å². The second kappa shape index (κ2) is 10.9. The molecular formula is C29H33N3O4. The molecule has 2 amide bonds. The molecule has 1 fully saturated rings. The van der Waals surface area contributed by atoms with Gasteiger partial charge in [-0.3, -0.25) is 14.6 Å². The van der Waals surface area contributed by atoms with Crippen molar-refractivity contribution >= 4 is 29.1 Å². The van der Waals surface area contributed by atoms with Crippen molar-refractivity contribution in [2.75, 3.05) is 13.7 Å². The van der Waals surface area contributed by atoms with Crippen LogP contribution < -0.4 is 5.32 Å². The smallest absolute Gasteiger partial charge is 0.407 e. The maximum Gasteiger partial charge on any atom is 0.407 e. The number of aliphatic imine (C=N–C) groups is 1. The highest BCUT2D eigenvalue weighted by Crippen LogP contribution is 2.31. The molecule has 0 saturated carbocycles. The predicted molar refractivity (Wildman–Crippen MR) is 141 cm³/mol. The highest BCUT2D eigenvalue weighted by atomic mass is 16.5. The van der Waals surface area contributed by atoms with E-state index in [1.54, 1.807) is 6.92 Å². The Bertz CT molecular complexity index is 1200. The second-order valence-electron chi connectivity index (χ2n) is 9.71. The van der Waals surface area contributed by atoms with Gasteiger partial charge in [-0.05, 0) is 47.9 Å². The number of carbonyl (C=O) groups excluding carboxylic acids is 3. The number of likely N-dealkylation sites (tertiary alicyclic amines) is 1. The first-order valence-electron chi connectivity index (χ1n) is 12.4. The molecule has 2 heterocycles. The molecular weight excluding hydrogens is 454 g/mol. The molecule has 0 unspecified atom stereocenters. The zero-order valence-corrected chi connectivity index (χ0v) is 21.3. The first-order chi connectivity index (χ1) is 17.3. The van der Waals surface area contributed by atoms with E-state index in [0.29, 0.717) is 18.5 Å². The molecule has 2 aromatic carbocycles. The molecule has 0 spiro atoms. The Labute approximate surface area is 212 Å². The lowest BCUT2D eigenvalue weighted by atomic mass is 9.95. The van der Waals surface area contributed by atoms with Gasteiger partial charge in [0.15, 0.2) is 5.78 Å². The average Bonchev–Trinajstić information content (AvgIpc) is 3.56. The molecule has 2 atom stereocenters. The summed E-state index contributed by atoms with van der Waals surface area (Å²) in [5.74, 6) is -0.0914. The van der Waals surface area contributed by atoms with Crippen molar-refractivity contribution in [3.63, 3.8) is 0 Å². The molecule has 7 heteroatoms. The third kappa shape index (κ3) is 5.40. The Morgan fingerprint density at radius 3 is 2.19 bits per heavy atom. The number of carbonyl (C=O) groups is 3. The lowest BCUT2D eigenvalue weighted by Crippen LogP contribution is -2.53. The molecule has 2 aliphatic heterocycles. The van der Waals surface area contributed by atoms with Gasteiger partial charge < -0.3 is 15.0 Å². The van der Waals surface area contributed by atoms with E-state index in [0.717, 1.165) is 40.8 Å². The molecule has 36 heavy (non-hydrogen) atoms. The molecule has 0 aliphatic carbocycles. The molecule has 0 bridgehead atoms. The van der Waals surface area contributed by atoms with Crippen molar-refractivity contribution in [3.05, 3.63) is 65.9 Å². The average molecular weight is 488 g/mol. The van der Waals surface area contributed by atoms with Gasteiger partial charge >= 0.3 is 6.09 Å². The fraction of sp³-hybridized carbons (Fsp3) is 0.379. The molecule has 2 aliphatic rings. The number of ketones is 1. The zero-order valence-electron chi connectivity index (χ0n) is 21.3. The summed E-state index contributed by atoms with van der Waals surface area (Å²) < 4.78 is 4.72. The first kappa shape index (κ1) is 25.4. The van der Waals surface area contributed by atoms with Crippen molar-refractivity contribution in [1.29, 1.82) is 0 Å². The lowest BCUT2D eigenvalue weighted by Gasteiger charge is -2.31. The molecule has 0 radical (unpaired) electrons. The van der Waals surface area contributed by atoms with Gasteiger partial charge in [0, 0.05) is 30.4 Å². The van der Waals surface area contributed by atoms with Gasteiger partial charge in [0.05, 0.1) is 13.2 Å². The number of alkyl carbamates (subject to hydrolysis) is 1. The van der Waals surface area contributed by atoms with Crippen LogP contribution in [0.5, 0.6) is 0 Å². The normalized spacial score (nSPS) is 18.0. The fourth-order valence-corrected chi connectivity index (χ4v) is 4.86. The van der Waals surface area contributed by atoms with E-state index in [4.69, 9.17) is 9.73 Å². The summed E-state index contributed by atoms with van der Waals surface area (Å²) in [6.07, 6.45) is 3.77. The summed E-state index contributed by atoms with van der Waals surface area (Å²) in [6, 6.07) is 15.3. The Morgan fingerprint density at radius 2 is 1.61 bits per heavy atom. The number of rotatable bonds is 7. The maximum atomic E-state index is 13.4. The van der Waals surface area contributed by atoms with E-state index >= 15 is 0 Å². The van der Waals surface area contributed by atoms with E-state index in [-0.39, 0.29) is 23.7 Å². The first-order valence-corrected chi connectivity index (χ1v) is 12.4. The monoisotopic (exact) mass is 487 g/mol. The highest BCUT2D eigenvalue weighted by molar-refractivity contribution is 6.04. The van der Waals surface area contributed by atoms with Crippen molar-refractivity contribution in [3.8, 4) is 11.1 Å². The second-order valence-corrected chi connectivity index (χ2v) is 9.71. The zero-order chi connectivity index (χ0) is 25.8. The van der Waals surface area contributed by atoms with Crippen LogP contribution in [-0.2, 0) is 9.53 Å². The standard InChI is InChI=1S/C29H33N3O4/c1-18(2)27(31-29(35)36-4)28(34)32-15-5-6-26(32)25-16-24(17-30-25)23-13-11-22(12-14-23)21-9-7-20(8-10-21)19(3)33/h7-14,17-18,26-27H,5-6,15-16H2,1-4H3,(H,31,35)/t26-,27-/m0/s1. The van der Waals surface area contributed by atoms with Gasteiger partial charge in [0.25, 0.3) is 0 Å². The SMILES string of the molecule is COC(=O)N[C@H](C(=O)N1CCC[C@H]1C1=NC=C(c2ccc(-c3ccc(C(C)=O)cc3)cc2)C1)C(C)C. The van der Waals surface area contributed by atoms with Crippen LogP contribution in [0, 0.1) is 5.92 Å². The number of allylic oxidation sites excluding steroid dienone is 1. The van der Waals surface area contributed by atoms with E-state index in [1.807, 2.05) is 49.2 Å². The minimum absolute atomic E-state index is 0.0582. The topological polar surface area (TPSA) is 88.1 Å². The number of ether oxygens (including phenoxy) is 1. The van der Waals surface area contributed by atoms with E-state index < -0.39 is 12.1 Å². The van der Waals surface area contributed by atoms with E-state index in [1.165, 1.54) is 7.11 Å². The number of methoxy groups -OCH3 is 1. The van der Waals surface area contributed by atoms with Crippen LogP contribution in [0.15, 0.2) is 59.7 Å². The van der Waals surface area contributed by atoms with Crippen LogP contribution in [0.1, 0.15) is 56.0 Å². The molecule has 0 aromatic heterocycles. The van der Waals surface area contributed by atoms with Gasteiger partial charge in [-0.25, -0.2) is 4.79 Å². The van der Waals surface area contributed by atoms with Crippen LogP contribution in [-0.4, -0.2) is 54.1 Å². The van der Waals surface area contributed by atoms with Gasteiger partial charge in [-0.1, -0.05) is 62.4 Å². The Hall–Kier alpha value is -3.74. The van der Waals surface area contributed by atoms with Crippen LogP contribution in [0.2, 0.25) is 0 Å². The highest BCUT2D eigenvalue weighted by Gasteiger charge is 2.38. The molecule has 188 valence electrons. The number of nitrogens with one attached hydrogen (secondary N) is 1. The van der Waals surface area contributed by atoms with Crippen molar-refractivity contribution in [2.24, 2.45) is 10.9 Å². The minimum Gasteiger partial charge on any atom is -0.453 e. The summed E-state index contributed by atoms with van der Waals surface area (Å²) in [4.78, 5) is 43.2. The van der Waals surface area contributed by atoms with Crippen LogP contribution in [0.3, 0.4) is 0 Å². The summed E-state index contributed by atoms with van der Waals surface area (Å²) in [7, 11) is 1.30. The van der Waals surface area contributed by atoms with E-state index in [9.17, 15) is 14.4 Å². The quantitative estimate of drug-likeness (QED) is 0.550. The van der Waals surface area contributed by atoms with Crippen LogP contribution in [0.25, 0.3) is 16.7 Å². The Morgan fingerprint density at radius 1 is 1.00 bits per heavy atom.